The van der Waals surface area contributed by atoms with Crippen molar-refractivity contribution in [1.29, 1.82) is 0 Å². The van der Waals surface area contributed by atoms with Crippen molar-refractivity contribution in [3.05, 3.63) is 64.1 Å². The van der Waals surface area contributed by atoms with E-state index in [1.54, 1.807) is 24.3 Å². The number of ether oxygens (including phenoxy) is 1. The molecule has 0 atom stereocenters. The van der Waals surface area contributed by atoms with Crippen LogP contribution in [-0.2, 0) is 19.3 Å². The second-order valence-electron chi connectivity index (χ2n) is 7.45. The number of halogens is 3. The number of rotatable bonds is 9. The van der Waals surface area contributed by atoms with Gasteiger partial charge in [0, 0.05) is 30.1 Å². The number of nitrogens with one attached hydrogen (secondary N) is 2. The summed E-state index contributed by atoms with van der Waals surface area (Å²) in [5.74, 6) is -0.179. The second kappa shape index (κ2) is 11.0. The molecule has 0 saturated carbocycles. The summed E-state index contributed by atoms with van der Waals surface area (Å²) in [6.07, 6.45) is -3.17. The number of hydrogen-bond acceptors (Lipinski definition) is 5. The zero-order valence-electron chi connectivity index (χ0n) is 18.5. The Morgan fingerprint density at radius 3 is 2.68 bits per heavy atom. The highest BCUT2D eigenvalue weighted by Gasteiger charge is 2.33. The third kappa shape index (κ3) is 6.04. The van der Waals surface area contributed by atoms with E-state index in [1.807, 2.05) is 6.92 Å². The van der Waals surface area contributed by atoms with Crippen molar-refractivity contribution >= 4 is 22.6 Å². The van der Waals surface area contributed by atoms with Crippen LogP contribution < -0.4 is 20.9 Å². The summed E-state index contributed by atoms with van der Waals surface area (Å²) in [4.78, 5) is 28.2. The Labute approximate surface area is 193 Å². The van der Waals surface area contributed by atoms with Gasteiger partial charge in [0.15, 0.2) is 0 Å². The SMILES string of the molecule is CCCCOc1nc(C(F)(F)F)ccc1CNC(=O)Nc1cccc2c1ccc(=O)n2CCO. The van der Waals surface area contributed by atoms with Crippen molar-refractivity contribution in [2.75, 3.05) is 18.5 Å². The van der Waals surface area contributed by atoms with Crippen LogP contribution in [0.15, 0.2) is 47.3 Å². The number of aliphatic hydroxyl groups excluding tert-OH is 1. The van der Waals surface area contributed by atoms with E-state index in [4.69, 9.17) is 4.74 Å². The fourth-order valence-electron chi connectivity index (χ4n) is 3.31. The first kappa shape index (κ1) is 25.0. The number of nitrogens with zero attached hydrogens (tertiary/aromatic N) is 2. The maximum atomic E-state index is 13.0. The van der Waals surface area contributed by atoms with Crippen LogP contribution in [0.25, 0.3) is 10.9 Å². The highest BCUT2D eigenvalue weighted by molar-refractivity contribution is 6.00. The van der Waals surface area contributed by atoms with Gasteiger partial charge in [-0.25, -0.2) is 9.78 Å². The molecule has 0 bridgehead atoms. The van der Waals surface area contributed by atoms with Gasteiger partial charge in [-0.1, -0.05) is 19.4 Å². The number of amides is 2. The number of benzene rings is 1. The highest BCUT2D eigenvalue weighted by atomic mass is 19.4. The number of aliphatic hydroxyl groups is 1. The minimum atomic E-state index is -4.61. The molecular formula is C23H25F3N4O4. The fourth-order valence-corrected chi connectivity index (χ4v) is 3.31. The number of pyridine rings is 2. The fraction of sp³-hybridized carbons (Fsp3) is 0.348. The number of carbonyl (C=O) groups excluding carboxylic acids is 1. The summed E-state index contributed by atoms with van der Waals surface area (Å²) >= 11 is 0. The van der Waals surface area contributed by atoms with Crippen LogP contribution in [0.4, 0.5) is 23.7 Å². The molecule has 2 heterocycles. The van der Waals surface area contributed by atoms with Gasteiger partial charge in [-0.3, -0.25) is 4.79 Å². The van der Waals surface area contributed by atoms with E-state index < -0.39 is 17.9 Å². The largest absolute Gasteiger partial charge is 0.477 e. The van der Waals surface area contributed by atoms with Gasteiger partial charge >= 0.3 is 12.2 Å². The Morgan fingerprint density at radius 2 is 1.97 bits per heavy atom. The van der Waals surface area contributed by atoms with Crippen LogP contribution in [0.5, 0.6) is 5.88 Å². The van der Waals surface area contributed by atoms with Crippen molar-refractivity contribution in [2.45, 2.75) is 39.0 Å². The van der Waals surface area contributed by atoms with Crippen LogP contribution in [0, 0.1) is 0 Å². The monoisotopic (exact) mass is 478 g/mol. The van der Waals surface area contributed by atoms with Crippen LogP contribution in [0.2, 0.25) is 0 Å². The van der Waals surface area contributed by atoms with Crippen LogP contribution >= 0.6 is 0 Å². The average Bonchev–Trinajstić information content (AvgIpc) is 2.79. The normalized spacial score (nSPS) is 11.4. The molecule has 11 heteroatoms. The van der Waals surface area contributed by atoms with Crippen molar-refractivity contribution in [3.63, 3.8) is 0 Å². The van der Waals surface area contributed by atoms with Gasteiger partial charge in [-0.2, -0.15) is 13.2 Å². The van der Waals surface area contributed by atoms with E-state index in [0.717, 1.165) is 12.5 Å². The smallest absolute Gasteiger partial charge is 0.433 e. The molecule has 3 N–H and O–H groups in total. The average molecular weight is 478 g/mol. The van der Waals surface area contributed by atoms with Crippen molar-refractivity contribution in [2.24, 2.45) is 0 Å². The molecule has 1 aromatic carbocycles. The van der Waals surface area contributed by atoms with Gasteiger partial charge in [0.1, 0.15) is 5.69 Å². The highest BCUT2D eigenvalue weighted by Crippen LogP contribution is 2.30. The topological polar surface area (TPSA) is 105 Å². The standard InChI is InChI=1S/C23H25F3N4O4/c1-2-3-13-34-21-15(7-9-19(29-21)23(24,25)26)14-27-22(33)28-17-5-4-6-18-16(17)8-10-20(32)30(18)11-12-31/h4-10,31H,2-3,11-14H2,1H3,(H2,27,28,33). The summed E-state index contributed by atoms with van der Waals surface area (Å²) in [5.41, 5.74) is -0.0936. The Kier molecular flexibility index (Phi) is 8.11. The number of hydrogen-bond donors (Lipinski definition) is 3. The maximum Gasteiger partial charge on any atom is 0.433 e. The Hall–Kier alpha value is -3.60. The molecule has 0 aliphatic rings. The zero-order valence-corrected chi connectivity index (χ0v) is 18.5. The molecule has 8 nitrogen and oxygen atoms in total. The van der Waals surface area contributed by atoms with Crippen LogP contribution in [0.1, 0.15) is 31.0 Å². The predicted octanol–water partition coefficient (Wildman–Crippen LogP) is 3.91. The van der Waals surface area contributed by atoms with E-state index in [2.05, 4.69) is 15.6 Å². The van der Waals surface area contributed by atoms with Gasteiger partial charge < -0.3 is 25.0 Å². The quantitative estimate of drug-likeness (QED) is 0.405. The molecule has 0 spiro atoms. The van der Waals surface area contributed by atoms with E-state index in [9.17, 15) is 27.9 Å². The van der Waals surface area contributed by atoms with Gasteiger partial charge in [-0.15, -0.1) is 0 Å². The summed E-state index contributed by atoms with van der Waals surface area (Å²) in [5, 5.41) is 15.1. The van der Waals surface area contributed by atoms with Crippen LogP contribution in [-0.4, -0.2) is 33.9 Å². The minimum Gasteiger partial charge on any atom is -0.477 e. The Balaban J connectivity index is 1.77. The molecule has 2 amide bonds. The first-order valence-electron chi connectivity index (χ1n) is 10.7. The Bertz CT molecular complexity index is 1210. The van der Waals surface area contributed by atoms with Gasteiger partial charge in [0.2, 0.25) is 5.88 Å². The summed E-state index contributed by atoms with van der Waals surface area (Å²) in [6, 6.07) is 9.38. The molecule has 3 aromatic rings. The summed E-state index contributed by atoms with van der Waals surface area (Å²) < 4.78 is 46.0. The minimum absolute atomic E-state index is 0.105. The number of unbranched alkanes of at least 4 members (excludes halogenated alkanes) is 1. The number of anilines is 1. The lowest BCUT2D eigenvalue weighted by Gasteiger charge is -2.15. The molecule has 0 unspecified atom stereocenters. The lowest BCUT2D eigenvalue weighted by Crippen LogP contribution is -2.29. The molecule has 2 aromatic heterocycles. The maximum absolute atomic E-state index is 13.0. The molecular weight excluding hydrogens is 453 g/mol. The van der Waals surface area contributed by atoms with E-state index in [-0.39, 0.29) is 37.7 Å². The van der Waals surface area contributed by atoms with Gasteiger partial charge in [0.25, 0.3) is 5.56 Å². The second-order valence-corrected chi connectivity index (χ2v) is 7.45. The van der Waals surface area contributed by atoms with Gasteiger partial charge in [0.05, 0.1) is 24.4 Å². The number of fused-ring (bicyclic) bond motifs is 1. The number of urea groups is 1. The molecule has 0 fully saturated rings. The number of carbonyl (C=O) groups is 1. The molecule has 0 saturated heterocycles. The lowest BCUT2D eigenvalue weighted by molar-refractivity contribution is -0.141. The molecule has 182 valence electrons. The third-order valence-corrected chi connectivity index (χ3v) is 5.01. The zero-order chi connectivity index (χ0) is 24.7. The molecule has 3 rings (SSSR count). The van der Waals surface area contributed by atoms with E-state index >= 15 is 0 Å². The van der Waals surface area contributed by atoms with Gasteiger partial charge in [-0.05, 0) is 36.8 Å². The van der Waals surface area contributed by atoms with E-state index in [1.165, 1.54) is 16.7 Å². The summed E-state index contributed by atoms with van der Waals surface area (Å²) in [7, 11) is 0. The predicted molar refractivity (Wildman–Crippen MR) is 121 cm³/mol. The van der Waals surface area contributed by atoms with Crippen LogP contribution in [0.3, 0.4) is 0 Å². The van der Waals surface area contributed by atoms with E-state index in [0.29, 0.717) is 28.6 Å². The molecule has 34 heavy (non-hydrogen) atoms. The number of alkyl halides is 3. The molecule has 0 aliphatic carbocycles. The third-order valence-electron chi connectivity index (χ3n) is 5.01. The molecule has 0 aliphatic heterocycles. The summed E-state index contributed by atoms with van der Waals surface area (Å²) in [6.45, 7) is 1.90. The van der Waals surface area contributed by atoms with Crippen molar-refractivity contribution < 1.29 is 27.8 Å². The van der Waals surface area contributed by atoms with Crippen molar-refractivity contribution in [3.8, 4) is 5.88 Å². The first-order chi connectivity index (χ1) is 16.2. The molecule has 0 radical (unpaired) electrons. The van der Waals surface area contributed by atoms with Crippen molar-refractivity contribution in [1.82, 2.24) is 14.9 Å². The lowest BCUT2D eigenvalue weighted by atomic mass is 10.1. The number of aromatic nitrogens is 2. The Morgan fingerprint density at radius 1 is 1.18 bits per heavy atom. The first-order valence-corrected chi connectivity index (χ1v) is 10.7.